The van der Waals surface area contributed by atoms with E-state index in [2.05, 4.69) is 0 Å². The van der Waals surface area contributed by atoms with E-state index in [1.165, 1.54) is 18.2 Å². The summed E-state index contributed by atoms with van der Waals surface area (Å²) < 4.78 is 0. The lowest BCUT2D eigenvalue weighted by Crippen LogP contribution is -2.30. The minimum Gasteiger partial charge on any atom is -0.545 e. The summed E-state index contributed by atoms with van der Waals surface area (Å²) in [5, 5.41) is 22.4. The number of aromatic carboxylic acids is 2. The first kappa shape index (κ1) is 14.8. The van der Waals surface area contributed by atoms with Gasteiger partial charge in [-0.2, -0.15) is 0 Å². The Bertz CT molecular complexity index is 718. The van der Waals surface area contributed by atoms with E-state index in [0.717, 1.165) is 5.56 Å². The van der Waals surface area contributed by atoms with Gasteiger partial charge in [-0.25, -0.2) is 0 Å². The first-order valence-corrected chi connectivity index (χ1v) is 6.35. The minimum atomic E-state index is -1.56. The Morgan fingerprint density at radius 3 is 1.90 bits per heavy atom. The van der Waals surface area contributed by atoms with E-state index < -0.39 is 23.1 Å². The normalized spacial score (nSPS) is 10.7. The molecule has 2 aromatic carbocycles. The van der Waals surface area contributed by atoms with Gasteiger partial charge in [0.15, 0.2) is 0 Å². The van der Waals surface area contributed by atoms with Crippen molar-refractivity contribution < 1.29 is 19.8 Å². The smallest absolute Gasteiger partial charge is 0.0722 e. The van der Waals surface area contributed by atoms with Gasteiger partial charge in [0.25, 0.3) is 0 Å². The highest BCUT2D eigenvalue weighted by atomic mass is 35.5. The van der Waals surface area contributed by atoms with Crippen molar-refractivity contribution in [3.8, 4) is 0 Å². The number of carboxylic acids is 2. The minimum absolute atomic E-state index is 0.404. The van der Waals surface area contributed by atoms with Crippen molar-refractivity contribution in [2.75, 3.05) is 0 Å². The molecule has 0 saturated heterocycles. The van der Waals surface area contributed by atoms with E-state index in [1.54, 1.807) is 36.4 Å². The zero-order chi connectivity index (χ0) is 15.4. The fourth-order valence-corrected chi connectivity index (χ4v) is 1.90. The number of benzene rings is 2. The Balaban J connectivity index is 2.32. The number of halogens is 1. The zero-order valence-corrected chi connectivity index (χ0v) is 11.5. The van der Waals surface area contributed by atoms with Crippen molar-refractivity contribution in [1.29, 1.82) is 0 Å². The van der Waals surface area contributed by atoms with Gasteiger partial charge in [-0.3, -0.25) is 0 Å². The van der Waals surface area contributed by atoms with Gasteiger partial charge < -0.3 is 19.8 Å². The molecule has 0 spiro atoms. The standard InChI is InChI=1S/C16H11ClO4/c17-12-6-3-10(4-7-12)1-2-11-5-8-13(15(18)19)14(9-11)16(20)21/h1-9H,(H,18,19)(H,20,21)/p-2/b2-1+. The highest BCUT2D eigenvalue weighted by Crippen LogP contribution is 2.15. The van der Waals surface area contributed by atoms with Crippen molar-refractivity contribution in [3.63, 3.8) is 0 Å². The number of hydrogen-bond acceptors (Lipinski definition) is 4. The molecule has 0 N–H and O–H groups in total. The molecule has 5 heteroatoms. The number of carbonyl (C=O) groups excluding carboxylic acids is 2. The Morgan fingerprint density at radius 2 is 1.33 bits per heavy atom. The van der Waals surface area contributed by atoms with Gasteiger partial charge >= 0.3 is 0 Å². The molecule has 0 fully saturated rings. The molecule has 0 amide bonds. The van der Waals surface area contributed by atoms with Gasteiger partial charge in [-0.05, 0) is 29.3 Å². The van der Waals surface area contributed by atoms with Crippen LogP contribution in [0.25, 0.3) is 12.2 Å². The molecule has 0 aliphatic carbocycles. The van der Waals surface area contributed by atoms with Crippen molar-refractivity contribution >= 4 is 35.7 Å². The molecule has 0 heterocycles. The maximum atomic E-state index is 10.9. The second-order valence-corrected chi connectivity index (χ2v) is 4.70. The molecule has 0 radical (unpaired) electrons. The topological polar surface area (TPSA) is 80.3 Å². The average molecular weight is 301 g/mol. The predicted octanol–water partition coefficient (Wildman–Crippen LogP) is 1.24. The molecule has 0 bridgehead atoms. The summed E-state index contributed by atoms with van der Waals surface area (Å²) in [6.45, 7) is 0. The summed E-state index contributed by atoms with van der Waals surface area (Å²) in [6, 6.07) is 11.0. The van der Waals surface area contributed by atoms with E-state index in [4.69, 9.17) is 11.6 Å². The van der Waals surface area contributed by atoms with Gasteiger partial charge in [0.05, 0.1) is 11.9 Å². The maximum Gasteiger partial charge on any atom is 0.0722 e. The van der Waals surface area contributed by atoms with Crippen LogP contribution in [-0.4, -0.2) is 11.9 Å². The van der Waals surface area contributed by atoms with Crippen LogP contribution in [0.4, 0.5) is 0 Å². The van der Waals surface area contributed by atoms with Crippen molar-refractivity contribution in [2.45, 2.75) is 0 Å². The van der Waals surface area contributed by atoms with Crippen molar-refractivity contribution in [2.24, 2.45) is 0 Å². The molecule has 0 aromatic heterocycles. The van der Waals surface area contributed by atoms with Gasteiger partial charge in [-0.1, -0.05) is 48.0 Å². The Kier molecular flexibility index (Phi) is 4.40. The first-order chi connectivity index (χ1) is 9.97. The molecule has 0 unspecified atom stereocenters. The van der Waals surface area contributed by atoms with E-state index in [9.17, 15) is 19.8 Å². The van der Waals surface area contributed by atoms with Crippen molar-refractivity contribution in [1.82, 2.24) is 0 Å². The lowest BCUT2D eigenvalue weighted by Gasteiger charge is -2.11. The second-order valence-electron chi connectivity index (χ2n) is 4.26. The third kappa shape index (κ3) is 3.70. The third-order valence-electron chi connectivity index (χ3n) is 2.82. The van der Waals surface area contributed by atoms with Crippen LogP contribution < -0.4 is 10.2 Å². The van der Waals surface area contributed by atoms with Crippen LogP contribution in [0.3, 0.4) is 0 Å². The predicted molar refractivity (Wildman–Crippen MR) is 75.5 cm³/mol. The number of hydrogen-bond donors (Lipinski definition) is 0. The Labute approximate surface area is 125 Å². The monoisotopic (exact) mass is 300 g/mol. The SMILES string of the molecule is O=C([O-])c1ccc(/C=C/c2ccc(Cl)cc2)cc1C(=O)[O-]. The first-order valence-electron chi connectivity index (χ1n) is 5.98. The quantitative estimate of drug-likeness (QED) is 0.796. The largest absolute Gasteiger partial charge is 0.545 e. The van der Waals surface area contributed by atoms with Crippen molar-refractivity contribution in [3.05, 3.63) is 69.7 Å². The van der Waals surface area contributed by atoms with E-state index in [0.29, 0.717) is 10.6 Å². The Morgan fingerprint density at radius 1 is 0.810 bits per heavy atom. The summed E-state index contributed by atoms with van der Waals surface area (Å²) in [7, 11) is 0. The molecule has 2 rings (SSSR count). The number of rotatable bonds is 4. The molecule has 106 valence electrons. The average Bonchev–Trinajstić information content (AvgIpc) is 2.46. The maximum absolute atomic E-state index is 10.9. The van der Waals surface area contributed by atoms with E-state index in [-0.39, 0.29) is 0 Å². The molecular weight excluding hydrogens is 292 g/mol. The van der Waals surface area contributed by atoms with E-state index >= 15 is 0 Å². The van der Waals surface area contributed by atoms with E-state index in [1.807, 2.05) is 0 Å². The lowest BCUT2D eigenvalue weighted by molar-refractivity contribution is -0.259. The molecular formula is C16H9ClO4-2. The van der Waals surface area contributed by atoms with Crippen LogP contribution >= 0.6 is 11.6 Å². The molecule has 0 aliphatic rings. The number of carboxylic acid groups (broad SMARTS) is 2. The molecule has 21 heavy (non-hydrogen) atoms. The highest BCUT2D eigenvalue weighted by Gasteiger charge is 2.05. The van der Waals surface area contributed by atoms with Crippen LogP contribution in [0, 0.1) is 0 Å². The third-order valence-corrected chi connectivity index (χ3v) is 3.07. The molecule has 2 aromatic rings. The second kappa shape index (κ2) is 6.24. The summed E-state index contributed by atoms with van der Waals surface area (Å²) in [5.74, 6) is -3.11. The molecule has 0 atom stereocenters. The van der Waals surface area contributed by atoms with Gasteiger partial charge in [-0.15, -0.1) is 0 Å². The summed E-state index contributed by atoms with van der Waals surface area (Å²) in [6.07, 6.45) is 3.41. The Hall–Kier alpha value is -2.59. The molecule has 4 nitrogen and oxygen atoms in total. The van der Waals surface area contributed by atoms with Gasteiger partial charge in [0.1, 0.15) is 0 Å². The fraction of sp³-hybridized carbons (Fsp3) is 0. The summed E-state index contributed by atoms with van der Waals surface area (Å²) >= 11 is 5.77. The molecule has 0 aliphatic heterocycles. The van der Waals surface area contributed by atoms with Crippen LogP contribution in [-0.2, 0) is 0 Å². The van der Waals surface area contributed by atoms with Crippen LogP contribution in [0.2, 0.25) is 5.02 Å². The fourth-order valence-electron chi connectivity index (χ4n) is 1.78. The van der Waals surface area contributed by atoms with Crippen LogP contribution in [0.1, 0.15) is 31.8 Å². The van der Waals surface area contributed by atoms with Gasteiger partial charge in [0.2, 0.25) is 0 Å². The zero-order valence-electron chi connectivity index (χ0n) is 10.7. The summed E-state index contributed by atoms with van der Waals surface area (Å²) in [5.41, 5.74) is 0.597. The van der Waals surface area contributed by atoms with Gasteiger partial charge in [0, 0.05) is 16.1 Å². The van der Waals surface area contributed by atoms with Crippen LogP contribution in [0.15, 0.2) is 42.5 Å². The van der Waals surface area contributed by atoms with Crippen LogP contribution in [0.5, 0.6) is 0 Å². The highest BCUT2D eigenvalue weighted by molar-refractivity contribution is 6.30. The summed E-state index contributed by atoms with van der Waals surface area (Å²) in [4.78, 5) is 21.8. The molecule has 0 saturated carbocycles. The number of carbonyl (C=O) groups is 2. The lowest BCUT2D eigenvalue weighted by atomic mass is 10.0.